The van der Waals surface area contributed by atoms with Crippen molar-refractivity contribution in [2.24, 2.45) is 0 Å². The second-order valence-corrected chi connectivity index (χ2v) is 3.96. The van der Waals surface area contributed by atoms with E-state index in [-0.39, 0.29) is 0 Å². The van der Waals surface area contributed by atoms with Crippen LogP contribution in [0.1, 0.15) is 5.69 Å². The summed E-state index contributed by atoms with van der Waals surface area (Å²) in [6.45, 7) is 0.813. The average Bonchev–Trinajstić information content (AvgIpc) is 2.93. The Kier molecular flexibility index (Phi) is 2.23. The van der Waals surface area contributed by atoms with Gasteiger partial charge in [-0.15, -0.1) is 0 Å². The molecule has 1 aliphatic heterocycles. The van der Waals surface area contributed by atoms with Crippen LogP contribution in [0.15, 0.2) is 36.2 Å². The maximum absolute atomic E-state index is 4.21. The molecule has 3 rings (SSSR count). The van der Waals surface area contributed by atoms with Gasteiger partial charge in [-0.05, 0) is 24.0 Å². The van der Waals surface area contributed by atoms with Crippen molar-refractivity contribution in [3.63, 3.8) is 0 Å². The Morgan fingerprint density at radius 3 is 3.00 bits per heavy atom. The quantitative estimate of drug-likeness (QED) is 0.662. The zero-order valence-electron chi connectivity index (χ0n) is 9.49. The lowest BCUT2D eigenvalue weighted by molar-refractivity contribution is 0.456. The van der Waals surface area contributed by atoms with Crippen LogP contribution >= 0.6 is 0 Å². The molecule has 1 aromatic heterocycles. The first-order chi connectivity index (χ1) is 8.34. The molecule has 0 atom stereocenters. The highest BCUT2D eigenvalue weighted by Crippen LogP contribution is 2.14. The van der Waals surface area contributed by atoms with Gasteiger partial charge in [0.1, 0.15) is 11.4 Å². The van der Waals surface area contributed by atoms with Crippen LogP contribution in [0, 0.1) is 11.8 Å². The lowest BCUT2D eigenvalue weighted by atomic mass is 10.2. The van der Waals surface area contributed by atoms with Crippen LogP contribution in [-0.4, -0.2) is 28.8 Å². The number of hydrogen-bond donors (Lipinski definition) is 2. The van der Waals surface area contributed by atoms with Crippen molar-refractivity contribution in [1.82, 2.24) is 20.4 Å². The maximum atomic E-state index is 4.21. The van der Waals surface area contributed by atoms with Gasteiger partial charge < -0.3 is 10.2 Å². The summed E-state index contributed by atoms with van der Waals surface area (Å²) in [7, 11) is 2.01. The van der Waals surface area contributed by atoms with Crippen molar-refractivity contribution in [2.75, 3.05) is 13.7 Å². The van der Waals surface area contributed by atoms with Crippen LogP contribution in [0.2, 0.25) is 0 Å². The minimum Gasteiger partial charge on any atom is -0.371 e. The van der Waals surface area contributed by atoms with Crippen molar-refractivity contribution < 1.29 is 0 Å². The molecule has 1 aliphatic rings. The van der Waals surface area contributed by atoms with E-state index >= 15 is 0 Å². The lowest BCUT2D eigenvalue weighted by Crippen LogP contribution is -2.17. The molecule has 4 heteroatoms. The highest BCUT2D eigenvalue weighted by Gasteiger charge is 2.06. The molecule has 4 nitrogen and oxygen atoms in total. The highest BCUT2D eigenvalue weighted by molar-refractivity contribution is 5.83. The van der Waals surface area contributed by atoms with Gasteiger partial charge in [0.2, 0.25) is 0 Å². The van der Waals surface area contributed by atoms with Crippen LogP contribution in [0.25, 0.3) is 10.9 Å². The van der Waals surface area contributed by atoms with Crippen LogP contribution in [-0.2, 0) is 0 Å². The molecule has 0 fully saturated rings. The molecule has 2 N–H and O–H groups in total. The summed E-state index contributed by atoms with van der Waals surface area (Å²) < 4.78 is 0. The van der Waals surface area contributed by atoms with Gasteiger partial charge in [-0.25, -0.2) is 0 Å². The molecule has 0 spiro atoms. The topological polar surface area (TPSA) is 44.0 Å². The third-order valence-corrected chi connectivity index (χ3v) is 2.76. The summed E-state index contributed by atoms with van der Waals surface area (Å²) in [5, 5.41) is 11.4. The van der Waals surface area contributed by atoms with E-state index in [1.807, 2.05) is 37.5 Å². The van der Waals surface area contributed by atoms with Gasteiger partial charge >= 0.3 is 0 Å². The standard InChI is InChI=1S/C13H12N4/c1-17-9-14-8-10(17)6-7-13-11-4-2-3-5-12(11)15-16-13/h2-5,8,14H,9H2,1H3,(H,15,16). The third-order valence-electron chi connectivity index (χ3n) is 2.76. The zero-order valence-corrected chi connectivity index (χ0v) is 9.49. The summed E-state index contributed by atoms with van der Waals surface area (Å²) in [5.74, 6) is 6.25. The summed E-state index contributed by atoms with van der Waals surface area (Å²) in [6.07, 6.45) is 1.92. The molecule has 0 saturated carbocycles. The fraction of sp³-hybridized carbons (Fsp3) is 0.154. The van der Waals surface area contributed by atoms with Gasteiger partial charge in [-0.1, -0.05) is 12.1 Å². The fourth-order valence-corrected chi connectivity index (χ4v) is 1.79. The number of nitrogens with zero attached hydrogens (tertiary/aromatic N) is 2. The first kappa shape index (κ1) is 9.79. The Morgan fingerprint density at radius 2 is 2.18 bits per heavy atom. The number of aromatic amines is 1. The van der Waals surface area contributed by atoms with Gasteiger partial charge in [-0.2, -0.15) is 5.10 Å². The van der Waals surface area contributed by atoms with Gasteiger partial charge in [0, 0.05) is 18.6 Å². The molecule has 0 unspecified atom stereocenters. The predicted molar refractivity (Wildman–Crippen MR) is 66.8 cm³/mol. The van der Waals surface area contributed by atoms with Crippen LogP contribution in [0.3, 0.4) is 0 Å². The molecule has 0 saturated heterocycles. The van der Waals surface area contributed by atoms with E-state index in [0.29, 0.717) is 0 Å². The number of allylic oxidation sites excluding steroid dienone is 1. The molecule has 1 aromatic carbocycles. The summed E-state index contributed by atoms with van der Waals surface area (Å²) in [5.41, 5.74) is 2.80. The minimum atomic E-state index is 0.813. The van der Waals surface area contributed by atoms with Crippen molar-refractivity contribution in [3.05, 3.63) is 41.9 Å². The Balaban J connectivity index is 1.98. The molecule has 0 bridgehead atoms. The minimum absolute atomic E-state index is 0.813. The SMILES string of the molecule is CN1CNC=C1C#Cc1[nH]nc2ccccc12. The first-order valence-corrected chi connectivity index (χ1v) is 5.44. The Morgan fingerprint density at radius 1 is 1.29 bits per heavy atom. The normalized spacial score (nSPS) is 14.2. The summed E-state index contributed by atoms with van der Waals surface area (Å²) in [4.78, 5) is 2.06. The number of rotatable bonds is 0. The Hall–Kier alpha value is -2.41. The van der Waals surface area contributed by atoms with Crippen LogP contribution < -0.4 is 5.32 Å². The molecule has 0 aliphatic carbocycles. The van der Waals surface area contributed by atoms with Gasteiger partial charge in [0.15, 0.2) is 0 Å². The second-order valence-electron chi connectivity index (χ2n) is 3.96. The van der Waals surface area contributed by atoms with Crippen molar-refractivity contribution in [2.45, 2.75) is 0 Å². The monoisotopic (exact) mass is 224 g/mol. The predicted octanol–water partition coefficient (Wildman–Crippen LogP) is 1.25. The van der Waals surface area contributed by atoms with E-state index in [2.05, 4.69) is 32.3 Å². The molecule has 2 heterocycles. The van der Waals surface area contributed by atoms with Gasteiger partial charge in [0.05, 0.1) is 12.2 Å². The number of hydrogen-bond acceptors (Lipinski definition) is 3. The summed E-state index contributed by atoms with van der Waals surface area (Å²) in [6, 6.07) is 7.95. The average molecular weight is 224 g/mol. The Bertz CT molecular complexity index is 642. The van der Waals surface area contributed by atoms with E-state index in [0.717, 1.165) is 29.0 Å². The van der Waals surface area contributed by atoms with E-state index in [1.54, 1.807) is 0 Å². The molecule has 0 radical (unpaired) electrons. The zero-order chi connectivity index (χ0) is 11.7. The molecule has 2 aromatic rings. The Labute approximate surface area is 99.3 Å². The van der Waals surface area contributed by atoms with E-state index in [1.165, 1.54) is 0 Å². The van der Waals surface area contributed by atoms with Gasteiger partial charge in [-0.3, -0.25) is 5.10 Å². The van der Waals surface area contributed by atoms with Crippen molar-refractivity contribution in [1.29, 1.82) is 0 Å². The first-order valence-electron chi connectivity index (χ1n) is 5.44. The van der Waals surface area contributed by atoms with Crippen molar-refractivity contribution in [3.8, 4) is 11.8 Å². The van der Waals surface area contributed by atoms with Crippen molar-refractivity contribution >= 4 is 10.9 Å². The van der Waals surface area contributed by atoms with Gasteiger partial charge in [0.25, 0.3) is 0 Å². The number of benzene rings is 1. The summed E-state index contributed by atoms with van der Waals surface area (Å²) >= 11 is 0. The number of nitrogens with one attached hydrogen (secondary N) is 2. The molecular formula is C13H12N4. The van der Waals surface area contributed by atoms with E-state index < -0.39 is 0 Å². The number of aromatic nitrogens is 2. The molecule has 17 heavy (non-hydrogen) atoms. The molecule has 84 valence electrons. The molecular weight excluding hydrogens is 212 g/mol. The lowest BCUT2D eigenvalue weighted by Gasteiger charge is -2.08. The third kappa shape index (κ3) is 1.72. The van der Waals surface area contributed by atoms with E-state index in [9.17, 15) is 0 Å². The van der Waals surface area contributed by atoms with E-state index in [4.69, 9.17) is 0 Å². The second kappa shape index (κ2) is 3.87. The maximum Gasteiger partial charge on any atom is 0.116 e. The number of para-hydroxylation sites is 1. The molecule has 0 amide bonds. The highest BCUT2D eigenvalue weighted by atomic mass is 15.2. The number of H-pyrrole nitrogens is 1. The van der Waals surface area contributed by atoms with Crippen LogP contribution in [0.5, 0.6) is 0 Å². The number of fused-ring (bicyclic) bond motifs is 1. The largest absolute Gasteiger partial charge is 0.371 e. The fourth-order valence-electron chi connectivity index (χ4n) is 1.79. The van der Waals surface area contributed by atoms with Crippen LogP contribution in [0.4, 0.5) is 0 Å². The smallest absolute Gasteiger partial charge is 0.116 e.